The third kappa shape index (κ3) is 3.57. The lowest BCUT2D eigenvalue weighted by Crippen LogP contribution is -2.18. The molecular weight excluding hydrogens is 275 g/mol. The Kier molecular flexibility index (Phi) is 4.89. The Balaban J connectivity index is 2.15. The lowest BCUT2D eigenvalue weighted by Gasteiger charge is -2.22. The van der Waals surface area contributed by atoms with Gasteiger partial charge in [0, 0.05) is 12.5 Å². The van der Waals surface area contributed by atoms with Crippen molar-refractivity contribution in [2.24, 2.45) is 5.92 Å². The Bertz CT molecular complexity index is 596. The quantitative estimate of drug-likeness (QED) is 0.769. The van der Waals surface area contributed by atoms with Gasteiger partial charge in [-0.25, -0.2) is 13.2 Å². The minimum atomic E-state index is -1.44. The third-order valence-corrected chi connectivity index (χ3v) is 3.58. The predicted octanol–water partition coefficient (Wildman–Crippen LogP) is 4.96. The van der Waals surface area contributed by atoms with E-state index in [9.17, 15) is 13.2 Å². The first kappa shape index (κ1) is 15.4. The van der Waals surface area contributed by atoms with Gasteiger partial charge in [-0.1, -0.05) is 44.2 Å². The lowest BCUT2D eigenvalue weighted by molar-refractivity contribution is 0.448. The highest BCUT2D eigenvalue weighted by atomic mass is 19.2. The highest BCUT2D eigenvalue weighted by Crippen LogP contribution is 2.26. The molecule has 112 valence electrons. The predicted molar refractivity (Wildman–Crippen MR) is 78.8 cm³/mol. The van der Waals surface area contributed by atoms with Crippen molar-refractivity contribution in [2.45, 2.75) is 19.8 Å². The first-order valence-electron chi connectivity index (χ1n) is 6.93. The van der Waals surface area contributed by atoms with E-state index in [1.54, 1.807) is 0 Å². The van der Waals surface area contributed by atoms with Crippen molar-refractivity contribution in [2.75, 3.05) is 11.9 Å². The van der Waals surface area contributed by atoms with Gasteiger partial charge in [0.15, 0.2) is 17.5 Å². The number of anilines is 1. The normalized spacial score (nSPS) is 12.5. The molecule has 0 saturated carbocycles. The molecular formula is C17H18F3N. The van der Waals surface area contributed by atoms with Crippen LogP contribution in [0.5, 0.6) is 0 Å². The molecule has 21 heavy (non-hydrogen) atoms. The molecule has 2 rings (SSSR count). The molecule has 0 aromatic heterocycles. The van der Waals surface area contributed by atoms with Gasteiger partial charge in [-0.15, -0.1) is 0 Å². The number of hydrogen-bond acceptors (Lipinski definition) is 1. The number of benzene rings is 2. The second-order valence-corrected chi connectivity index (χ2v) is 5.37. The van der Waals surface area contributed by atoms with Crippen LogP contribution in [0.15, 0.2) is 42.5 Å². The van der Waals surface area contributed by atoms with Crippen molar-refractivity contribution in [1.29, 1.82) is 0 Å². The molecule has 0 aliphatic rings. The van der Waals surface area contributed by atoms with E-state index in [2.05, 4.69) is 19.2 Å². The summed E-state index contributed by atoms with van der Waals surface area (Å²) in [6.45, 7) is 4.59. The van der Waals surface area contributed by atoms with Gasteiger partial charge in [0.1, 0.15) is 0 Å². The van der Waals surface area contributed by atoms with Crippen LogP contribution in [0.25, 0.3) is 0 Å². The molecule has 0 spiro atoms. The van der Waals surface area contributed by atoms with Crippen LogP contribution in [0.3, 0.4) is 0 Å². The summed E-state index contributed by atoms with van der Waals surface area (Å²) in [5.41, 5.74) is 1.11. The second-order valence-electron chi connectivity index (χ2n) is 5.37. The van der Waals surface area contributed by atoms with Crippen LogP contribution in [0.2, 0.25) is 0 Å². The van der Waals surface area contributed by atoms with Crippen molar-refractivity contribution in [3.8, 4) is 0 Å². The Labute approximate surface area is 122 Å². The molecule has 0 aliphatic heterocycles. The van der Waals surface area contributed by atoms with E-state index >= 15 is 0 Å². The van der Waals surface area contributed by atoms with Crippen LogP contribution < -0.4 is 5.32 Å². The van der Waals surface area contributed by atoms with Crippen LogP contribution in [0.1, 0.15) is 25.3 Å². The van der Waals surface area contributed by atoms with Gasteiger partial charge < -0.3 is 5.32 Å². The minimum absolute atomic E-state index is 0.0181. The number of rotatable bonds is 5. The van der Waals surface area contributed by atoms with Gasteiger partial charge in [-0.05, 0) is 23.6 Å². The van der Waals surface area contributed by atoms with Crippen LogP contribution in [-0.2, 0) is 0 Å². The van der Waals surface area contributed by atoms with Crippen molar-refractivity contribution >= 4 is 5.69 Å². The SMILES string of the molecule is CC(C)C(CNc1ccc(F)c(F)c1F)c1ccccc1. The van der Waals surface area contributed by atoms with E-state index in [0.29, 0.717) is 12.5 Å². The third-order valence-electron chi connectivity index (χ3n) is 3.58. The molecule has 0 fully saturated rings. The van der Waals surface area contributed by atoms with Crippen molar-refractivity contribution < 1.29 is 13.2 Å². The number of halogens is 3. The van der Waals surface area contributed by atoms with E-state index in [4.69, 9.17) is 0 Å². The Morgan fingerprint density at radius 3 is 2.19 bits per heavy atom. The topological polar surface area (TPSA) is 12.0 Å². The maximum absolute atomic E-state index is 13.6. The molecule has 2 aromatic rings. The van der Waals surface area contributed by atoms with Gasteiger partial charge in [-0.2, -0.15) is 0 Å². The summed E-state index contributed by atoms with van der Waals surface area (Å²) < 4.78 is 39.8. The maximum Gasteiger partial charge on any atom is 0.196 e. The molecule has 1 atom stereocenters. The van der Waals surface area contributed by atoms with Crippen molar-refractivity contribution in [1.82, 2.24) is 0 Å². The Morgan fingerprint density at radius 2 is 1.57 bits per heavy atom. The molecule has 0 radical (unpaired) electrons. The van der Waals surface area contributed by atoms with Gasteiger partial charge >= 0.3 is 0 Å². The first-order valence-corrected chi connectivity index (χ1v) is 6.93. The average molecular weight is 293 g/mol. The maximum atomic E-state index is 13.6. The standard InChI is InChI=1S/C17H18F3N/c1-11(2)13(12-6-4-3-5-7-12)10-21-15-9-8-14(18)16(19)17(15)20/h3-9,11,13,21H,10H2,1-2H3. The van der Waals surface area contributed by atoms with Gasteiger partial charge in [0.2, 0.25) is 0 Å². The zero-order chi connectivity index (χ0) is 15.4. The molecule has 0 aliphatic carbocycles. The molecule has 0 amide bonds. The Morgan fingerprint density at radius 1 is 0.905 bits per heavy atom. The zero-order valence-electron chi connectivity index (χ0n) is 12.0. The van der Waals surface area contributed by atoms with Crippen molar-refractivity contribution in [3.05, 3.63) is 65.5 Å². The molecule has 1 nitrogen and oxygen atoms in total. The molecule has 0 bridgehead atoms. The minimum Gasteiger partial charge on any atom is -0.382 e. The molecule has 0 heterocycles. The summed E-state index contributed by atoms with van der Waals surface area (Å²) in [5, 5.41) is 2.88. The average Bonchev–Trinajstić information content (AvgIpc) is 2.48. The van der Waals surface area contributed by atoms with Crippen LogP contribution in [0.4, 0.5) is 18.9 Å². The van der Waals surface area contributed by atoms with Crippen LogP contribution in [0, 0.1) is 23.4 Å². The summed E-state index contributed by atoms with van der Waals surface area (Å²) in [5.74, 6) is -3.32. The molecule has 0 saturated heterocycles. The second kappa shape index (κ2) is 6.66. The summed E-state index contributed by atoms with van der Waals surface area (Å²) in [7, 11) is 0. The fourth-order valence-corrected chi connectivity index (χ4v) is 2.32. The van der Waals surface area contributed by atoms with Crippen molar-refractivity contribution in [3.63, 3.8) is 0 Å². The highest BCUT2D eigenvalue weighted by molar-refractivity contribution is 5.45. The van der Waals surface area contributed by atoms with Gasteiger partial charge in [-0.3, -0.25) is 0 Å². The van der Waals surface area contributed by atoms with E-state index in [1.807, 2.05) is 30.3 Å². The largest absolute Gasteiger partial charge is 0.382 e. The van der Waals surface area contributed by atoms with Gasteiger partial charge in [0.25, 0.3) is 0 Å². The highest BCUT2D eigenvalue weighted by Gasteiger charge is 2.18. The first-order chi connectivity index (χ1) is 10.0. The monoisotopic (exact) mass is 293 g/mol. The van der Waals surface area contributed by atoms with E-state index < -0.39 is 17.5 Å². The molecule has 1 N–H and O–H groups in total. The van der Waals surface area contributed by atoms with E-state index in [-0.39, 0.29) is 11.6 Å². The Hall–Kier alpha value is -1.97. The summed E-state index contributed by atoms with van der Waals surface area (Å²) in [6.07, 6.45) is 0. The van der Waals surface area contributed by atoms with E-state index in [1.165, 1.54) is 6.07 Å². The number of nitrogens with one attached hydrogen (secondary N) is 1. The summed E-state index contributed by atoms with van der Waals surface area (Å²) in [4.78, 5) is 0. The lowest BCUT2D eigenvalue weighted by atomic mass is 9.88. The summed E-state index contributed by atoms with van der Waals surface area (Å²) in [6, 6.07) is 12.0. The zero-order valence-corrected chi connectivity index (χ0v) is 12.0. The van der Waals surface area contributed by atoms with Crippen LogP contribution >= 0.6 is 0 Å². The fraction of sp³-hybridized carbons (Fsp3) is 0.294. The number of hydrogen-bond donors (Lipinski definition) is 1. The van der Waals surface area contributed by atoms with Crippen LogP contribution in [-0.4, -0.2) is 6.54 Å². The smallest absolute Gasteiger partial charge is 0.196 e. The summed E-state index contributed by atoms with van der Waals surface area (Å²) >= 11 is 0. The van der Waals surface area contributed by atoms with Gasteiger partial charge in [0.05, 0.1) is 5.69 Å². The molecule has 2 aromatic carbocycles. The van der Waals surface area contributed by atoms with E-state index in [0.717, 1.165) is 11.6 Å². The molecule has 4 heteroatoms. The molecule has 1 unspecified atom stereocenters. The fourth-order valence-electron chi connectivity index (χ4n) is 2.32.